The highest BCUT2D eigenvalue weighted by atomic mass is 35.5. The maximum atomic E-state index is 11.8. The number of carboxylic acids is 1. The molecule has 0 aliphatic carbocycles. The molecule has 4 rings (SSSR count). The van der Waals surface area contributed by atoms with Crippen LogP contribution in [0.15, 0.2) is 18.2 Å². The third-order valence-corrected chi connectivity index (χ3v) is 4.91. The maximum Gasteiger partial charge on any atom is 0.336 e. The molecule has 0 amide bonds. The minimum absolute atomic E-state index is 0.257. The fourth-order valence-corrected chi connectivity index (χ4v) is 3.90. The standard InChI is InChI=1S/C16H15ClN2O2/c17-11-5-3-4-9-13(16(20)21)10-8-19-7-2-1-6-12(19)15(10)18-14(9)11/h3-5,12H,1-2,6-8H2,(H,20,21). The number of hydrogen-bond donors (Lipinski definition) is 1. The van der Waals surface area contributed by atoms with Crippen molar-refractivity contribution >= 4 is 28.5 Å². The van der Waals surface area contributed by atoms with Crippen molar-refractivity contribution in [1.29, 1.82) is 0 Å². The van der Waals surface area contributed by atoms with Crippen molar-refractivity contribution in [2.45, 2.75) is 31.8 Å². The van der Waals surface area contributed by atoms with Crippen LogP contribution in [-0.4, -0.2) is 27.5 Å². The summed E-state index contributed by atoms with van der Waals surface area (Å²) in [4.78, 5) is 18.9. The predicted octanol–water partition coefficient (Wildman–Crippen LogP) is 3.63. The molecule has 0 radical (unpaired) electrons. The number of carboxylic acid groups (broad SMARTS) is 1. The zero-order valence-corrected chi connectivity index (χ0v) is 12.2. The van der Waals surface area contributed by atoms with Gasteiger partial charge in [-0.15, -0.1) is 0 Å². The molecular weight excluding hydrogens is 288 g/mol. The molecule has 21 heavy (non-hydrogen) atoms. The van der Waals surface area contributed by atoms with E-state index in [0.717, 1.165) is 24.2 Å². The molecule has 2 aliphatic heterocycles. The molecule has 1 aromatic heterocycles. The van der Waals surface area contributed by atoms with Crippen molar-refractivity contribution in [3.63, 3.8) is 0 Å². The van der Waals surface area contributed by atoms with Crippen LogP contribution in [0.5, 0.6) is 0 Å². The van der Waals surface area contributed by atoms with E-state index < -0.39 is 5.97 Å². The van der Waals surface area contributed by atoms with Crippen LogP contribution in [0.4, 0.5) is 0 Å². The molecule has 1 fully saturated rings. The second-order valence-electron chi connectivity index (χ2n) is 5.77. The monoisotopic (exact) mass is 302 g/mol. The molecule has 0 spiro atoms. The third kappa shape index (κ3) is 1.86. The van der Waals surface area contributed by atoms with Gasteiger partial charge in [0.2, 0.25) is 0 Å². The first-order chi connectivity index (χ1) is 10.2. The number of nitrogens with zero attached hydrogens (tertiary/aromatic N) is 2. The van der Waals surface area contributed by atoms with Gasteiger partial charge >= 0.3 is 5.97 Å². The zero-order valence-electron chi connectivity index (χ0n) is 11.5. The number of para-hydroxylation sites is 1. The summed E-state index contributed by atoms with van der Waals surface area (Å²) >= 11 is 6.24. The summed E-state index contributed by atoms with van der Waals surface area (Å²) in [7, 11) is 0. The first-order valence-electron chi connectivity index (χ1n) is 7.25. The van der Waals surface area contributed by atoms with Gasteiger partial charge in [-0.25, -0.2) is 9.78 Å². The van der Waals surface area contributed by atoms with Crippen molar-refractivity contribution in [3.05, 3.63) is 40.0 Å². The molecule has 2 aromatic rings. The lowest BCUT2D eigenvalue weighted by molar-refractivity contribution is 0.0697. The SMILES string of the molecule is O=C(O)c1c2c(nc3c(Cl)cccc13)C1CCCCN1C2. The summed E-state index contributed by atoms with van der Waals surface area (Å²) in [6, 6.07) is 5.61. The largest absolute Gasteiger partial charge is 0.478 e. The van der Waals surface area contributed by atoms with E-state index in [-0.39, 0.29) is 6.04 Å². The highest BCUT2D eigenvalue weighted by Gasteiger charge is 2.37. The Kier molecular flexibility index (Phi) is 2.91. The number of carbonyl (C=O) groups is 1. The van der Waals surface area contributed by atoms with Crippen LogP contribution >= 0.6 is 11.6 Å². The molecule has 1 atom stereocenters. The van der Waals surface area contributed by atoms with E-state index in [1.165, 1.54) is 12.8 Å². The molecule has 0 saturated carbocycles. The Morgan fingerprint density at radius 3 is 3.05 bits per heavy atom. The van der Waals surface area contributed by atoms with Crippen LogP contribution in [0.3, 0.4) is 0 Å². The summed E-state index contributed by atoms with van der Waals surface area (Å²) in [5.41, 5.74) is 2.80. The minimum atomic E-state index is -0.888. The second kappa shape index (κ2) is 4.68. The topological polar surface area (TPSA) is 53.4 Å². The number of hydrogen-bond acceptors (Lipinski definition) is 3. The molecule has 1 unspecified atom stereocenters. The fourth-order valence-electron chi connectivity index (χ4n) is 3.68. The van der Waals surface area contributed by atoms with Gasteiger partial charge in [-0.2, -0.15) is 0 Å². The Morgan fingerprint density at radius 2 is 2.24 bits per heavy atom. The van der Waals surface area contributed by atoms with Crippen LogP contribution in [0, 0.1) is 0 Å². The summed E-state index contributed by atoms with van der Waals surface area (Å²) in [5, 5.41) is 10.8. The van der Waals surface area contributed by atoms with Gasteiger partial charge in [0.05, 0.1) is 27.8 Å². The molecule has 3 heterocycles. The van der Waals surface area contributed by atoms with Gasteiger partial charge in [0, 0.05) is 17.5 Å². The number of halogens is 1. The highest BCUT2D eigenvalue weighted by molar-refractivity contribution is 6.35. The number of piperidine rings is 1. The van der Waals surface area contributed by atoms with E-state index in [9.17, 15) is 9.90 Å². The lowest BCUT2D eigenvalue weighted by Crippen LogP contribution is -2.27. The summed E-state index contributed by atoms with van der Waals surface area (Å²) < 4.78 is 0. The van der Waals surface area contributed by atoms with Crippen molar-refractivity contribution in [1.82, 2.24) is 9.88 Å². The van der Waals surface area contributed by atoms with Gasteiger partial charge < -0.3 is 5.11 Å². The summed E-state index contributed by atoms with van der Waals surface area (Å²) in [6.07, 6.45) is 3.40. The Hall–Kier alpha value is -1.65. The zero-order chi connectivity index (χ0) is 14.6. The molecule has 108 valence electrons. The Labute approximate surface area is 127 Å². The van der Waals surface area contributed by atoms with Crippen LogP contribution in [0.2, 0.25) is 5.02 Å². The van der Waals surface area contributed by atoms with Crippen molar-refractivity contribution in [2.75, 3.05) is 6.54 Å². The van der Waals surface area contributed by atoms with Crippen molar-refractivity contribution in [2.24, 2.45) is 0 Å². The van der Waals surface area contributed by atoms with E-state index in [1.807, 2.05) is 0 Å². The average Bonchev–Trinajstić information content (AvgIpc) is 2.83. The van der Waals surface area contributed by atoms with Crippen LogP contribution in [-0.2, 0) is 6.54 Å². The number of aromatic nitrogens is 1. The van der Waals surface area contributed by atoms with Crippen molar-refractivity contribution < 1.29 is 9.90 Å². The quantitative estimate of drug-likeness (QED) is 0.874. The highest BCUT2D eigenvalue weighted by Crippen LogP contribution is 2.42. The lowest BCUT2D eigenvalue weighted by Gasteiger charge is -2.28. The van der Waals surface area contributed by atoms with E-state index in [2.05, 4.69) is 4.90 Å². The van der Waals surface area contributed by atoms with Crippen LogP contribution < -0.4 is 0 Å². The van der Waals surface area contributed by atoms with E-state index >= 15 is 0 Å². The smallest absolute Gasteiger partial charge is 0.336 e. The summed E-state index contributed by atoms with van der Waals surface area (Å²) in [6.45, 7) is 1.71. The van der Waals surface area contributed by atoms with Crippen LogP contribution in [0.25, 0.3) is 10.9 Å². The maximum absolute atomic E-state index is 11.8. The first kappa shape index (κ1) is 13.0. The second-order valence-corrected chi connectivity index (χ2v) is 6.18. The number of pyridine rings is 1. The molecule has 0 bridgehead atoms. The number of fused-ring (bicyclic) bond motifs is 4. The van der Waals surface area contributed by atoms with Crippen LogP contribution in [0.1, 0.15) is 46.9 Å². The third-order valence-electron chi connectivity index (χ3n) is 4.60. The Bertz CT molecular complexity index is 760. The van der Waals surface area contributed by atoms with Gasteiger partial charge in [-0.05, 0) is 25.5 Å². The first-order valence-corrected chi connectivity index (χ1v) is 7.63. The number of aromatic carboxylic acids is 1. The summed E-state index contributed by atoms with van der Waals surface area (Å²) in [5.74, 6) is -0.888. The fraction of sp³-hybridized carbons (Fsp3) is 0.375. The van der Waals surface area contributed by atoms with Crippen molar-refractivity contribution in [3.8, 4) is 0 Å². The van der Waals surface area contributed by atoms with Gasteiger partial charge in [0.15, 0.2) is 0 Å². The van der Waals surface area contributed by atoms with E-state index in [4.69, 9.17) is 16.6 Å². The Balaban J connectivity index is 2.04. The molecule has 5 heteroatoms. The predicted molar refractivity (Wildman–Crippen MR) is 80.7 cm³/mol. The molecular formula is C16H15ClN2O2. The van der Waals surface area contributed by atoms with Gasteiger partial charge in [0.25, 0.3) is 0 Å². The average molecular weight is 303 g/mol. The van der Waals surface area contributed by atoms with Gasteiger partial charge in [-0.3, -0.25) is 4.90 Å². The Morgan fingerprint density at radius 1 is 1.38 bits per heavy atom. The lowest BCUT2D eigenvalue weighted by atomic mass is 9.97. The molecule has 1 aromatic carbocycles. The molecule has 4 nitrogen and oxygen atoms in total. The normalized spacial score (nSPS) is 21.3. The van der Waals surface area contributed by atoms with Gasteiger partial charge in [-0.1, -0.05) is 30.2 Å². The molecule has 1 N–H and O–H groups in total. The molecule has 1 saturated heterocycles. The van der Waals surface area contributed by atoms with Gasteiger partial charge in [0.1, 0.15) is 0 Å². The number of rotatable bonds is 1. The number of benzene rings is 1. The molecule has 2 aliphatic rings. The minimum Gasteiger partial charge on any atom is -0.478 e. The van der Waals surface area contributed by atoms with E-state index in [1.54, 1.807) is 18.2 Å². The van der Waals surface area contributed by atoms with E-state index in [0.29, 0.717) is 28.0 Å².